The number of hydrogen-bond donors (Lipinski definition) is 0. The Morgan fingerprint density at radius 1 is 0.367 bits per heavy atom. The zero-order valence-corrected chi connectivity index (χ0v) is 40.7. The molecule has 0 heterocycles. The molecular formula is C55H104O5. The Morgan fingerprint density at radius 2 is 0.700 bits per heavy atom. The van der Waals surface area contributed by atoms with Gasteiger partial charge in [-0.1, -0.05) is 251 Å². The zero-order chi connectivity index (χ0) is 43.5. The minimum absolute atomic E-state index is 0.0884. The molecule has 1 unspecified atom stereocenters. The summed E-state index contributed by atoms with van der Waals surface area (Å²) in [5, 5.41) is 0. The third-order valence-electron chi connectivity index (χ3n) is 12.0. The first-order valence-corrected chi connectivity index (χ1v) is 26.9. The molecule has 0 rings (SSSR count). The van der Waals surface area contributed by atoms with Gasteiger partial charge >= 0.3 is 11.9 Å². The molecule has 60 heavy (non-hydrogen) atoms. The van der Waals surface area contributed by atoms with Crippen LogP contribution in [0.5, 0.6) is 0 Å². The molecule has 0 spiro atoms. The van der Waals surface area contributed by atoms with Gasteiger partial charge in [0.25, 0.3) is 0 Å². The van der Waals surface area contributed by atoms with E-state index < -0.39 is 6.10 Å². The fourth-order valence-electron chi connectivity index (χ4n) is 7.95. The second kappa shape index (κ2) is 51.7. The Balaban J connectivity index is 4.13. The van der Waals surface area contributed by atoms with Crippen LogP contribution in [-0.2, 0) is 23.8 Å². The van der Waals surface area contributed by atoms with Crippen LogP contribution >= 0.6 is 0 Å². The second-order valence-corrected chi connectivity index (χ2v) is 18.1. The minimum Gasteiger partial charge on any atom is -0.462 e. The van der Waals surface area contributed by atoms with E-state index in [9.17, 15) is 9.59 Å². The predicted molar refractivity (Wildman–Crippen MR) is 261 cm³/mol. The van der Waals surface area contributed by atoms with Gasteiger partial charge in [-0.2, -0.15) is 0 Å². The van der Waals surface area contributed by atoms with Crippen LogP contribution in [0.25, 0.3) is 0 Å². The molecule has 1 atom stereocenters. The van der Waals surface area contributed by atoms with Crippen molar-refractivity contribution in [2.24, 2.45) is 0 Å². The molecule has 0 aromatic rings. The fourth-order valence-corrected chi connectivity index (χ4v) is 7.95. The zero-order valence-electron chi connectivity index (χ0n) is 40.7. The van der Waals surface area contributed by atoms with Crippen molar-refractivity contribution >= 4 is 11.9 Å². The summed E-state index contributed by atoms with van der Waals surface area (Å²) in [4.78, 5) is 25.3. The molecule has 0 aliphatic carbocycles. The van der Waals surface area contributed by atoms with Gasteiger partial charge in [-0.05, 0) is 51.4 Å². The van der Waals surface area contributed by atoms with Crippen molar-refractivity contribution in [2.75, 3.05) is 19.8 Å². The lowest BCUT2D eigenvalue weighted by molar-refractivity contribution is -0.163. The van der Waals surface area contributed by atoms with Crippen LogP contribution in [0.1, 0.15) is 290 Å². The van der Waals surface area contributed by atoms with Gasteiger partial charge in [0.15, 0.2) is 6.10 Å². The molecule has 0 aromatic carbocycles. The van der Waals surface area contributed by atoms with Crippen LogP contribution in [-0.4, -0.2) is 37.9 Å². The van der Waals surface area contributed by atoms with Gasteiger partial charge in [0.1, 0.15) is 6.61 Å². The Bertz CT molecular complexity index is 913. The van der Waals surface area contributed by atoms with E-state index in [1.54, 1.807) is 0 Å². The summed E-state index contributed by atoms with van der Waals surface area (Å²) in [7, 11) is 0. The van der Waals surface area contributed by atoms with Gasteiger partial charge in [-0.15, -0.1) is 0 Å². The number of ether oxygens (including phenoxy) is 3. The van der Waals surface area contributed by atoms with Gasteiger partial charge in [-0.3, -0.25) is 9.59 Å². The molecule has 0 fully saturated rings. The van der Waals surface area contributed by atoms with E-state index in [-0.39, 0.29) is 18.5 Å². The monoisotopic (exact) mass is 845 g/mol. The molecule has 354 valence electrons. The number of allylic oxidation sites excluding steroid dienone is 4. The van der Waals surface area contributed by atoms with Gasteiger partial charge in [0.2, 0.25) is 0 Å². The van der Waals surface area contributed by atoms with Gasteiger partial charge < -0.3 is 14.2 Å². The van der Waals surface area contributed by atoms with E-state index in [0.717, 1.165) is 38.5 Å². The van der Waals surface area contributed by atoms with Crippen LogP contribution in [0.3, 0.4) is 0 Å². The highest BCUT2D eigenvalue weighted by molar-refractivity contribution is 5.70. The maximum Gasteiger partial charge on any atom is 0.306 e. The molecule has 5 nitrogen and oxygen atoms in total. The Kier molecular flexibility index (Phi) is 50.3. The Hall–Kier alpha value is -1.62. The topological polar surface area (TPSA) is 61.8 Å². The lowest BCUT2D eigenvalue weighted by Crippen LogP contribution is -2.30. The Labute approximate surface area is 375 Å². The van der Waals surface area contributed by atoms with E-state index in [2.05, 4.69) is 45.1 Å². The summed E-state index contributed by atoms with van der Waals surface area (Å²) in [5.41, 5.74) is 0. The summed E-state index contributed by atoms with van der Waals surface area (Å²) < 4.78 is 17.4. The first-order valence-electron chi connectivity index (χ1n) is 26.9. The third kappa shape index (κ3) is 49.0. The number of esters is 2. The smallest absolute Gasteiger partial charge is 0.306 e. The van der Waals surface area contributed by atoms with E-state index in [1.807, 2.05) is 0 Å². The molecule has 0 aliphatic heterocycles. The van der Waals surface area contributed by atoms with Gasteiger partial charge in [0.05, 0.1) is 6.61 Å². The molecule has 0 amide bonds. The van der Waals surface area contributed by atoms with Crippen LogP contribution in [0, 0.1) is 0 Å². The Morgan fingerprint density at radius 3 is 1.13 bits per heavy atom. The highest BCUT2D eigenvalue weighted by atomic mass is 16.6. The number of carbonyl (C=O) groups is 2. The second-order valence-electron chi connectivity index (χ2n) is 18.1. The predicted octanol–water partition coefficient (Wildman–Crippen LogP) is 18.0. The normalized spacial score (nSPS) is 12.2. The average Bonchev–Trinajstić information content (AvgIpc) is 3.25. The van der Waals surface area contributed by atoms with Crippen molar-refractivity contribution in [3.63, 3.8) is 0 Å². The summed E-state index contributed by atoms with van der Waals surface area (Å²) >= 11 is 0. The van der Waals surface area contributed by atoms with Gasteiger partial charge in [-0.25, -0.2) is 0 Å². The maximum atomic E-state index is 12.7. The molecule has 0 saturated carbocycles. The summed E-state index contributed by atoms with van der Waals surface area (Å²) in [6.45, 7) is 7.84. The third-order valence-corrected chi connectivity index (χ3v) is 12.0. The molecular weight excluding hydrogens is 741 g/mol. The molecule has 0 saturated heterocycles. The molecule has 0 N–H and O–H groups in total. The van der Waals surface area contributed by atoms with E-state index in [0.29, 0.717) is 26.1 Å². The van der Waals surface area contributed by atoms with Crippen molar-refractivity contribution < 1.29 is 23.8 Å². The number of rotatable bonds is 50. The first-order chi connectivity index (χ1) is 29.6. The van der Waals surface area contributed by atoms with Gasteiger partial charge in [0, 0.05) is 19.4 Å². The van der Waals surface area contributed by atoms with Crippen LogP contribution in [0.2, 0.25) is 0 Å². The average molecular weight is 845 g/mol. The van der Waals surface area contributed by atoms with Crippen molar-refractivity contribution in [1.29, 1.82) is 0 Å². The SMILES string of the molecule is CCCCC/C=C\C/C=C\CCCCCCCCCC(=O)OCC(COCCCCCCCCCCCCCCCCCCCC)OC(=O)CCCCCCCCCCC. The lowest BCUT2D eigenvalue weighted by atomic mass is 10.0. The molecule has 0 radical (unpaired) electrons. The molecule has 0 aromatic heterocycles. The highest BCUT2D eigenvalue weighted by Crippen LogP contribution is 2.16. The van der Waals surface area contributed by atoms with E-state index >= 15 is 0 Å². The summed E-state index contributed by atoms with van der Waals surface area (Å²) in [5.74, 6) is -0.391. The van der Waals surface area contributed by atoms with Crippen LogP contribution in [0.15, 0.2) is 24.3 Å². The summed E-state index contributed by atoms with van der Waals surface area (Å²) in [6.07, 6.45) is 60.5. The fraction of sp³-hybridized carbons (Fsp3) is 0.891. The minimum atomic E-state index is -0.530. The van der Waals surface area contributed by atoms with Crippen molar-refractivity contribution in [3.05, 3.63) is 24.3 Å². The van der Waals surface area contributed by atoms with Crippen molar-refractivity contribution in [1.82, 2.24) is 0 Å². The summed E-state index contributed by atoms with van der Waals surface area (Å²) in [6, 6.07) is 0. The molecule has 5 heteroatoms. The number of unbranched alkanes of at least 4 members (excludes halogenated alkanes) is 35. The van der Waals surface area contributed by atoms with Crippen molar-refractivity contribution in [3.8, 4) is 0 Å². The number of hydrogen-bond acceptors (Lipinski definition) is 5. The molecule has 0 bridgehead atoms. The first kappa shape index (κ1) is 58.4. The lowest BCUT2D eigenvalue weighted by Gasteiger charge is -2.18. The van der Waals surface area contributed by atoms with E-state index in [1.165, 1.54) is 218 Å². The maximum absolute atomic E-state index is 12.7. The highest BCUT2D eigenvalue weighted by Gasteiger charge is 2.17. The quantitative estimate of drug-likeness (QED) is 0.0347. The van der Waals surface area contributed by atoms with E-state index in [4.69, 9.17) is 14.2 Å². The molecule has 0 aliphatic rings. The van der Waals surface area contributed by atoms with Crippen LogP contribution < -0.4 is 0 Å². The standard InChI is InChI=1S/C55H104O5/c1-4-7-10-13-16-19-21-23-25-27-29-31-33-35-38-41-44-47-50-58-51-53(60-55(57)49-46-43-40-36-18-15-12-9-6-3)52-59-54(56)48-45-42-39-37-34-32-30-28-26-24-22-20-17-14-11-8-5-2/h17,20,24,26,53H,4-16,18-19,21-23,25,27-52H2,1-3H3/b20-17-,26-24-. The van der Waals surface area contributed by atoms with Crippen LogP contribution in [0.4, 0.5) is 0 Å². The number of carbonyl (C=O) groups excluding carboxylic acids is 2. The largest absolute Gasteiger partial charge is 0.462 e. The van der Waals surface area contributed by atoms with Crippen molar-refractivity contribution in [2.45, 2.75) is 297 Å².